The molecule has 1 rings (SSSR count). The lowest BCUT2D eigenvalue weighted by molar-refractivity contribution is -0.126. The molecule has 1 aromatic rings. The van der Waals surface area contributed by atoms with Crippen LogP contribution in [0.5, 0.6) is 0 Å². The van der Waals surface area contributed by atoms with Gasteiger partial charge < -0.3 is 9.53 Å². The Morgan fingerprint density at radius 1 is 1.39 bits per heavy atom. The molecule has 18 heavy (non-hydrogen) atoms. The molecule has 0 saturated heterocycles. The van der Waals surface area contributed by atoms with Gasteiger partial charge in [-0.2, -0.15) is 0 Å². The van der Waals surface area contributed by atoms with Gasteiger partial charge in [-0.15, -0.1) is 0 Å². The van der Waals surface area contributed by atoms with Gasteiger partial charge in [-0.3, -0.25) is 14.3 Å². The van der Waals surface area contributed by atoms with E-state index in [1.54, 1.807) is 6.92 Å². The number of nitrogens with zero attached hydrogens (tertiary/aromatic N) is 1. The lowest BCUT2D eigenvalue weighted by atomic mass is 10.1. The maximum absolute atomic E-state index is 11.5. The predicted octanol–water partition coefficient (Wildman–Crippen LogP) is 0.685. The van der Waals surface area contributed by atoms with Crippen LogP contribution in [-0.4, -0.2) is 21.9 Å². The van der Waals surface area contributed by atoms with Crippen molar-refractivity contribution in [3.05, 3.63) is 33.1 Å². The number of aromatic amines is 1. The highest BCUT2D eigenvalue weighted by Crippen LogP contribution is 2.13. The van der Waals surface area contributed by atoms with Gasteiger partial charge in [0.2, 0.25) is 0 Å². The summed E-state index contributed by atoms with van der Waals surface area (Å²) in [5, 5.41) is 0. The van der Waals surface area contributed by atoms with Gasteiger partial charge in [0.05, 0.1) is 0 Å². The summed E-state index contributed by atoms with van der Waals surface area (Å²) in [6.45, 7) is 5.62. The monoisotopic (exact) mass is 254 g/mol. The van der Waals surface area contributed by atoms with Crippen molar-refractivity contribution in [3.63, 3.8) is 0 Å². The highest BCUT2D eigenvalue weighted by Gasteiger charge is 2.16. The molecule has 2 atom stereocenters. The van der Waals surface area contributed by atoms with Gasteiger partial charge in [0, 0.05) is 12.3 Å². The highest BCUT2D eigenvalue weighted by atomic mass is 16.5. The smallest absolute Gasteiger partial charge is 0.330 e. The van der Waals surface area contributed by atoms with Crippen molar-refractivity contribution in [1.82, 2.24) is 9.55 Å². The molecular formula is C12H18N2O4. The fourth-order valence-electron chi connectivity index (χ4n) is 1.64. The number of hydrogen-bond acceptors (Lipinski definition) is 4. The van der Waals surface area contributed by atoms with Crippen molar-refractivity contribution < 1.29 is 9.53 Å². The molecule has 100 valence electrons. The molecule has 0 aliphatic rings. The Balaban J connectivity index is 2.80. The Labute approximate surface area is 105 Å². The summed E-state index contributed by atoms with van der Waals surface area (Å²) in [5.41, 5.74) is -1.01. The van der Waals surface area contributed by atoms with E-state index in [0.29, 0.717) is 12.3 Å². The van der Waals surface area contributed by atoms with Crippen molar-refractivity contribution >= 4 is 6.29 Å². The molecule has 0 radical (unpaired) electrons. The van der Waals surface area contributed by atoms with Gasteiger partial charge >= 0.3 is 5.69 Å². The minimum atomic E-state index is -0.608. The summed E-state index contributed by atoms with van der Waals surface area (Å²) in [6, 6.07) is 1.24. The second kappa shape index (κ2) is 6.30. The second-order valence-corrected chi connectivity index (χ2v) is 4.56. The van der Waals surface area contributed by atoms with E-state index in [-0.39, 0.29) is 0 Å². The number of carbonyl (C=O) groups is 1. The normalized spacial score (nSPS) is 14.4. The number of H-pyrrole nitrogens is 1. The second-order valence-electron chi connectivity index (χ2n) is 4.56. The summed E-state index contributed by atoms with van der Waals surface area (Å²) in [7, 11) is 0. The Hall–Kier alpha value is -1.69. The minimum Gasteiger partial charge on any atom is -0.347 e. The Bertz CT molecular complexity index is 503. The van der Waals surface area contributed by atoms with Gasteiger partial charge in [0.25, 0.3) is 5.56 Å². The molecule has 1 heterocycles. The lowest BCUT2D eigenvalue weighted by Gasteiger charge is -2.20. The third-order valence-electron chi connectivity index (χ3n) is 2.47. The maximum atomic E-state index is 11.5. The SMILES string of the molecule is CC(C)CC(C=O)OC(C)n1ccc(=O)[nH]c1=O. The molecule has 0 fully saturated rings. The average molecular weight is 254 g/mol. The summed E-state index contributed by atoms with van der Waals surface area (Å²) < 4.78 is 6.72. The van der Waals surface area contributed by atoms with E-state index in [0.717, 1.165) is 6.29 Å². The van der Waals surface area contributed by atoms with Gasteiger partial charge in [-0.25, -0.2) is 4.79 Å². The standard InChI is InChI=1S/C12H18N2O4/c1-8(2)6-10(7-15)18-9(3)14-5-4-11(16)13-12(14)17/h4-5,7-10H,6H2,1-3H3,(H,13,16,17). The predicted molar refractivity (Wildman–Crippen MR) is 66.4 cm³/mol. The molecule has 1 aromatic heterocycles. The van der Waals surface area contributed by atoms with E-state index in [9.17, 15) is 14.4 Å². The van der Waals surface area contributed by atoms with Crippen LogP contribution in [0.4, 0.5) is 0 Å². The number of aldehydes is 1. The molecule has 1 N–H and O–H groups in total. The Morgan fingerprint density at radius 3 is 2.56 bits per heavy atom. The largest absolute Gasteiger partial charge is 0.347 e. The minimum absolute atomic E-state index is 0.319. The van der Waals surface area contributed by atoms with E-state index < -0.39 is 23.6 Å². The molecule has 0 spiro atoms. The molecule has 0 aliphatic heterocycles. The Kier molecular flexibility index (Phi) is 5.03. The number of hydrogen-bond donors (Lipinski definition) is 1. The number of nitrogens with one attached hydrogen (secondary N) is 1. The van der Waals surface area contributed by atoms with E-state index in [2.05, 4.69) is 4.98 Å². The van der Waals surface area contributed by atoms with Crippen LogP contribution in [0.15, 0.2) is 21.9 Å². The average Bonchev–Trinajstić information content (AvgIpc) is 2.27. The number of carbonyl (C=O) groups excluding carboxylic acids is 1. The summed E-state index contributed by atoms with van der Waals surface area (Å²) >= 11 is 0. The Morgan fingerprint density at radius 2 is 2.06 bits per heavy atom. The number of rotatable bonds is 6. The van der Waals surface area contributed by atoms with E-state index >= 15 is 0 Å². The molecule has 6 nitrogen and oxygen atoms in total. The van der Waals surface area contributed by atoms with Crippen LogP contribution in [0.25, 0.3) is 0 Å². The van der Waals surface area contributed by atoms with Crippen LogP contribution in [0.1, 0.15) is 33.4 Å². The topological polar surface area (TPSA) is 81.2 Å². The third-order valence-corrected chi connectivity index (χ3v) is 2.47. The first-order valence-electron chi connectivity index (χ1n) is 5.86. The van der Waals surface area contributed by atoms with E-state index in [4.69, 9.17) is 4.74 Å². The number of ether oxygens (including phenoxy) is 1. The first kappa shape index (κ1) is 14.4. The highest BCUT2D eigenvalue weighted by molar-refractivity contribution is 5.55. The first-order chi connectivity index (χ1) is 8.43. The summed E-state index contributed by atoms with van der Waals surface area (Å²) in [5.74, 6) is 0.319. The summed E-state index contributed by atoms with van der Waals surface area (Å²) in [4.78, 5) is 35.4. The zero-order valence-electron chi connectivity index (χ0n) is 10.8. The van der Waals surface area contributed by atoms with Crippen molar-refractivity contribution in [2.75, 3.05) is 0 Å². The van der Waals surface area contributed by atoms with E-state index in [1.807, 2.05) is 13.8 Å². The van der Waals surface area contributed by atoms with Gasteiger partial charge in [0.1, 0.15) is 18.6 Å². The lowest BCUT2D eigenvalue weighted by Crippen LogP contribution is -2.33. The fraction of sp³-hybridized carbons (Fsp3) is 0.583. The van der Waals surface area contributed by atoms with Crippen molar-refractivity contribution in [2.24, 2.45) is 5.92 Å². The molecule has 0 amide bonds. The van der Waals surface area contributed by atoms with Crippen LogP contribution in [-0.2, 0) is 9.53 Å². The molecule has 0 bridgehead atoms. The fourth-order valence-corrected chi connectivity index (χ4v) is 1.64. The van der Waals surface area contributed by atoms with Crippen LogP contribution in [0.2, 0.25) is 0 Å². The molecule has 2 unspecified atom stereocenters. The van der Waals surface area contributed by atoms with Crippen LogP contribution < -0.4 is 11.2 Å². The maximum Gasteiger partial charge on any atom is 0.330 e. The van der Waals surface area contributed by atoms with Crippen LogP contribution in [0, 0.1) is 5.92 Å². The van der Waals surface area contributed by atoms with Gasteiger partial charge in [0.15, 0.2) is 0 Å². The molecule has 0 aliphatic carbocycles. The van der Waals surface area contributed by atoms with Gasteiger partial charge in [-0.1, -0.05) is 13.8 Å². The first-order valence-corrected chi connectivity index (χ1v) is 5.86. The van der Waals surface area contributed by atoms with Gasteiger partial charge in [-0.05, 0) is 19.3 Å². The van der Waals surface area contributed by atoms with Crippen LogP contribution >= 0.6 is 0 Å². The van der Waals surface area contributed by atoms with Crippen molar-refractivity contribution in [1.29, 1.82) is 0 Å². The van der Waals surface area contributed by atoms with Crippen molar-refractivity contribution in [2.45, 2.75) is 39.5 Å². The molecule has 6 heteroatoms. The summed E-state index contributed by atoms with van der Waals surface area (Å²) in [6.07, 6.45) is 1.50. The van der Waals surface area contributed by atoms with E-state index in [1.165, 1.54) is 16.8 Å². The molecule has 0 saturated carbocycles. The molecular weight excluding hydrogens is 236 g/mol. The zero-order chi connectivity index (χ0) is 13.7. The third kappa shape index (κ3) is 3.96. The quantitative estimate of drug-likeness (QED) is 0.757. The number of aromatic nitrogens is 2. The van der Waals surface area contributed by atoms with Crippen molar-refractivity contribution in [3.8, 4) is 0 Å². The molecule has 0 aromatic carbocycles. The van der Waals surface area contributed by atoms with Crippen LogP contribution in [0.3, 0.4) is 0 Å². The zero-order valence-corrected chi connectivity index (χ0v) is 10.8.